The summed E-state index contributed by atoms with van der Waals surface area (Å²) < 4.78 is 6.44. The van der Waals surface area contributed by atoms with Crippen molar-refractivity contribution < 1.29 is 14.9 Å². The molecule has 3 N–H and O–H groups in total. The Morgan fingerprint density at radius 2 is 2.09 bits per heavy atom. The maximum atomic E-state index is 9.92. The Labute approximate surface area is 211 Å². The van der Waals surface area contributed by atoms with Crippen molar-refractivity contribution in [3.05, 3.63) is 63.5 Å². The van der Waals surface area contributed by atoms with Crippen LogP contribution in [-0.4, -0.2) is 40.6 Å². The van der Waals surface area contributed by atoms with Gasteiger partial charge in [0, 0.05) is 35.5 Å². The van der Waals surface area contributed by atoms with Crippen LogP contribution in [0, 0.1) is 19.3 Å². The van der Waals surface area contributed by atoms with Crippen molar-refractivity contribution in [2.75, 3.05) is 18.0 Å². The van der Waals surface area contributed by atoms with Crippen LogP contribution in [0.25, 0.3) is 11.3 Å². The smallest absolute Gasteiger partial charge is 0.186 e. The maximum Gasteiger partial charge on any atom is 0.186 e. The lowest BCUT2D eigenvalue weighted by molar-refractivity contribution is -0.129. The summed E-state index contributed by atoms with van der Waals surface area (Å²) in [4.78, 5) is 7.15. The number of para-hydroxylation sites is 1. The Morgan fingerprint density at radius 1 is 1.26 bits per heavy atom. The van der Waals surface area contributed by atoms with E-state index in [1.807, 2.05) is 19.9 Å². The zero-order valence-electron chi connectivity index (χ0n) is 21.0. The normalized spacial score (nSPS) is 22.0. The van der Waals surface area contributed by atoms with Crippen LogP contribution in [0.4, 0.5) is 5.13 Å². The molecule has 2 atom stereocenters. The van der Waals surface area contributed by atoms with E-state index in [0.717, 1.165) is 60.2 Å². The zero-order valence-corrected chi connectivity index (χ0v) is 21.8. The minimum Gasteiger partial charge on any atom is -0.488 e. The molecule has 0 radical (unpaired) electrons. The van der Waals surface area contributed by atoms with Crippen LogP contribution >= 0.6 is 11.3 Å². The molecule has 7 heteroatoms. The molecule has 2 aliphatic rings. The number of aromatic nitrogens is 1. The molecule has 0 saturated carbocycles. The van der Waals surface area contributed by atoms with Crippen LogP contribution in [0.5, 0.6) is 5.75 Å². The number of anilines is 1. The number of rotatable bonds is 6. The lowest BCUT2D eigenvalue weighted by Crippen LogP contribution is -2.43. The summed E-state index contributed by atoms with van der Waals surface area (Å²) in [7, 11) is 0. The lowest BCUT2D eigenvalue weighted by atomic mass is 9.82. The molecule has 2 aliphatic heterocycles. The first-order valence-corrected chi connectivity index (χ1v) is 13.3. The van der Waals surface area contributed by atoms with Crippen LogP contribution < -0.4 is 15.0 Å². The Hall–Kier alpha value is -2.45. The van der Waals surface area contributed by atoms with Crippen molar-refractivity contribution in [3.63, 3.8) is 0 Å². The number of hydrogen-bond donors (Lipinski definition) is 3. The minimum absolute atomic E-state index is 0.0165. The number of nitrogens with zero attached hydrogens (tertiary/aromatic N) is 2. The summed E-state index contributed by atoms with van der Waals surface area (Å²) in [5.41, 5.74) is 7.77. The van der Waals surface area contributed by atoms with Crippen molar-refractivity contribution >= 4 is 16.5 Å². The van der Waals surface area contributed by atoms with Gasteiger partial charge in [-0.05, 0) is 74.0 Å². The van der Waals surface area contributed by atoms with Crippen LogP contribution in [0.1, 0.15) is 48.1 Å². The number of nitrogens with one attached hydrogen (secondary N) is 1. The standard InChI is InChI=1S/C28H35N3O3S/c1-17-6-5-7-22(24-16-35-27(30-24)31-11-9-28(4,19(31)3)26(32)33)25(17)34-15-20-12-18(2)23-14-29-10-8-21(23)13-20/h5-7,12-13,16,19,26,29,32-33H,8-11,14-15H2,1-4H3/t19-,28+/m0/s1. The summed E-state index contributed by atoms with van der Waals surface area (Å²) in [6.07, 6.45) is 0.431. The van der Waals surface area contributed by atoms with E-state index in [1.54, 1.807) is 11.3 Å². The predicted molar refractivity (Wildman–Crippen MR) is 141 cm³/mol. The molecule has 1 aromatic heterocycles. The second-order valence-electron chi connectivity index (χ2n) is 10.2. The summed E-state index contributed by atoms with van der Waals surface area (Å²) in [6, 6.07) is 10.7. The SMILES string of the molecule is Cc1cc(COc2c(C)cccc2-c2csc(N3CC[C@@](C)(C(O)O)[C@@H]3C)n2)cc2c1CNCC2. The van der Waals surface area contributed by atoms with E-state index in [0.29, 0.717) is 6.61 Å². The second kappa shape index (κ2) is 9.54. The highest BCUT2D eigenvalue weighted by Gasteiger charge is 2.46. The van der Waals surface area contributed by atoms with E-state index < -0.39 is 11.7 Å². The molecule has 35 heavy (non-hydrogen) atoms. The average molecular weight is 494 g/mol. The minimum atomic E-state index is -1.35. The van der Waals surface area contributed by atoms with Gasteiger partial charge in [0.2, 0.25) is 0 Å². The van der Waals surface area contributed by atoms with Crippen LogP contribution in [0.3, 0.4) is 0 Å². The summed E-state index contributed by atoms with van der Waals surface area (Å²) in [5, 5.41) is 26.3. The topological polar surface area (TPSA) is 77.9 Å². The van der Waals surface area contributed by atoms with E-state index in [-0.39, 0.29) is 6.04 Å². The third-order valence-corrected chi connectivity index (χ3v) is 8.89. The third kappa shape index (κ3) is 4.47. The van der Waals surface area contributed by atoms with E-state index in [4.69, 9.17) is 9.72 Å². The molecule has 1 saturated heterocycles. The maximum absolute atomic E-state index is 9.92. The van der Waals surface area contributed by atoms with Crippen molar-refractivity contribution in [3.8, 4) is 17.0 Å². The second-order valence-corrected chi connectivity index (χ2v) is 11.1. The molecule has 3 aromatic rings. The average Bonchev–Trinajstić information content (AvgIpc) is 3.44. The molecular weight excluding hydrogens is 458 g/mol. The van der Waals surface area contributed by atoms with E-state index in [9.17, 15) is 10.2 Å². The zero-order chi connectivity index (χ0) is 24.7. The van der Waals surface area contributed by atoms with Gasteiger partial charge >= 0.3 is 0 Å². The van der Waals surface area contributed by atoms with Gasteiger partial charge in [0.1, 0.15) is 12.4 Å². The predicted octanol–water partition coefficient (Wildman–Crippen LogP) is 4.57. The molecule has 3 heterocycles. The van der Waals surface area contributed by atoms with Gasteiger partial charge in [-0.1, -0.05) is 31.2 Å². The highest BCUT2D eigenvalue weighted by molar-refractivity contribution is 7.14. The third-order valence-electron chi connectivity index (χ3n) is 8.01. The molecule has 5 rings (SSSR count). The molecule has 0 unspecified atom stereocenters. The van der Waals surface area contributed by atoms with Crippen molar-refractivity contribution in [1.82, 2.24) is 10.3 Å². The Kier molecular flexibility index (Phi) is 6.61. The number of thiazole rings is 1. The largest absolute Gasteiger partial charge is 0.488 e. The first-order chi connectivity index (χ1) is 16.8. The van der Waals surface area contributed by atoms with Gasteiger partial charge in [-0.15, -0.1) is 11.3 Å². The highest BCUT2D eigenvalue weighted by Crippen LogP contribution is 2.43. The number of hydrogen-bond acceptors (Lipinski definition) is 7. The first kappa shape index (κ1) is 24.3. The van der Waals surface area contributed by atoms with E-state index in [2.05, 4.69) is 53.7 Å². The fraction of sp³-hybridized carbons (Fsp3) is 0.464. The molecule has 186 valence electrons. The molecular formula is C28H35N3O3S. The van der Waals surface area contributed by atoms with Gasteiger partial charge in [-0.2, -0.15) is 0 Å². The highest BCUT2D eigenvalue weighted by atomic mass is 32.1. The molecule has 0 bridgehead atoms. The molecule has 0 aliphatic carbocycles. The van der Waals surface area contributed by atoms with Crippen LogP contribution in [0.2, 0.25) is 0 Å². The van der Waals surface area contributed by atoms with Crippen molar-refractivity contribution in [2.45, 2.75) is 66.0 Å². The number of aliphatic hydroxyl groups is 2. The van der Waals surface area contributed by atoms with E-state index >= 15 is 0 Å². The van der Waals surface area contributed by atoms with Gasteiger partial charge in [-0.25, -0.2) is 4.98 Å². The summed E-state index contributed by atoms with van der Waals surface area (Å²) in [6.45, 7) is 11.5. The summed E-state index contributed by atoms with van der Waals surface area (Å²) >= 11 is 1.59. The fourth-order valence-corrected chi connectivity index (χ4v) is 6.35. The number of aliphatic hydroxyl groups excluding tert-OH is 1. The van der Waals surface area contributed by atoms with Crippen LogP contribution in [-0.2, 0) is 19.6 Å². The molecule has 6 nitrogen and oxygen atoms in total. The summed E-state index contributed by atoms with van der Waals surface area (Å²) in [5.74, 6) is 0.867. The van der Waals surface area contributed by atoms with Gasteiger partial charge < -0.3 is 25.2 Å². The number of ether oxygens (including phenoxy) is 1. The first-order valence-electron chi connectivity index (χ1n) is 12.4. The van der Waals surface area contributed by atoms with Gasteiger partial charge in [0.15, 0.2) is 11.4 Å². The number of aryl methyl sites for hydroxylation is 2. The lowest BCUT2D eigenvalue weighted by Gasteiger charge is -2.33. The molecule has 0 amide bonds. The quantitative estimate of drug-likeness (QED) is 0.437. The Balaban J connectivity index is 1.38. The number of fused-ring (bicyclic) bond motifs is 1. The molecule has 0 spiro atoms. The Bertz CT molecular complexity index is 1220. The van der Waals surface area contributed by atoms with Crippen LogP contribution in [0.15, 0.2) is 35.7 Å². The van der Waals surface area contributed by atoms with Crippen molar-refractivity contribution in [2.24, 2.45) is 5.41 Å². The van der Waals surface area contributed by atoms with Crippen molar-refractivity contribution in [1.29, 1.82) is 0 Å². The number of benzene rings is 2. The van der Waals surface area contributed by atoms with Gasteiger partial charge in [-0.3, -0.25) is 0 Å². The van der Waals surface area contributed by atoms with Gasteiger partial charge in [0.25, 0.3) is 0 Å². The Morgan fingerprint density at radius 3 is 2.86 bits per heavy atom. The van der Waals surface area contributed by atoms with E-state index in [1.165, 1.54) is 22.3 Å². The fourth-order valence-electron chi connectivity index (χ4n) is 5.41. The molecule has 1 fully saturated rings. The molecule has 2 aromatic carbocycles. The monoisotopic (exact) mass is 493 g/mol. The van der Waals surface area contributed by atoms with Gasteiger partial charge in [0.05, 0.1) is 5.69 Å².